The molecule has 0 aliphatic carbocycles. The van der Waals surface area contributed by atoms with Crippen LogP contribution in [0.15, 0.2) is 72.1 Å². The predicted octanol–water partition coefficient (Wildman–Crippen LogP) is 5.23. The largest absolute Gasteiger partial charge is 0.305 e. The van der Waals surface area contributed by atoms with Crippen molar-refractivity contribution >= 4 is 39.5 Å². The first kappa shape index (κ1) is 19.6. The second-order valence-electron chi connectivity index (χ2n) is 7.99. The molecule has 1 aliphatic heterocycles. The number of amides is 1. The van der Waals surface area contributed by atoms with Gasteiger partial charge in [0.25, 0.3) is 5.91 Å². The molecule has 33 heavy (non-hydrogen) atoms. The summed E-state index contributed by atoms with van der Waals surface area (Å²) in [5, 5.41) is 7.44. The number of hydrogen-bond donors (Lipinski definition) is 0. The fraction of sp³-hybridized carbons (Fsp3) is 0.120. The number of hydrogen-bond acceptors (Lipinski definition) is 6. The number of benzene rings is 2. The van der Waals surface area contributed by atoms with Gasteiger partial charge in [0.15, 0.2) is 16.6 Å². The first-order valence-corrected chi connectivity index (χ1v) is 11.5. The van der Waals surface area contributed by atoms with Gasteiger partial charge in [0, 0.05) is 28.0 Å². The summed E-state index contributed by atoms with van der Waals surface area (Å²) < 4.78 is 1.76. The Balaban J connectivity index is 1.52. The summed E-state index contributed by atoms with van der Waals surface area (Å²) in [7, 11) is 0. The molecule has 162 valence electrons. The van der Waals surface area contributed by atoms with Gasteiger partial charge in [0.2, 0.25) is 0 Å². The van der Waals surface area contributed by atoms with Crippen molar-refractivity contribution in [3.63, 3.8) is 0 Å². The Morgan fingerprint density at radius 1 is 0.909 bits per heavy atom. The molecule has 5 aromatic rings. The number of aryl methyl sites for hydroxylation is 2. The van der Waals surface area contributed by atoms with E-state index in [1.165, 1.54) is 11.3 Å². The Bertz CT molecular complexity index is 1490. The molecule has 1 amide bonds. The Hall–Kier alpha value is -4.04. The number of para-hydroxylation sites is 1. The lowest BCUT2D eigenvalue weighted by molar-refractivity contribution is 0.0985. The summed E-state index contributed by atoms with van der Waals surface area (Å²) in [5.74, 6) is 0.474. The van der Waals surface area contributed by atoms with Crippen molar-refractivity contribution in [1.82, 2.24) is 19.6 Å². The highest BCUT2D eigenvalue weighted by Gasteiger charge is 2.37. The molecule has 0 bridgehead atoms. The molecular weight excluding hydrogens is 432 g/mol. The zero-order chi connectivity index (χ0) is 22.5. The molecule has 4 heterocycles. The van der Waals surface area contributed by atoms with Crippen molar-refractivity contribution in [3.05, 3.63) is 89.1 Å². The van der Waals surface area contributed by atoms with Gasteiger partial charge in [0.05, 0.1) is 5.69 Å². The zero-order valence-electron chi connectivity index (χ0n) is 18.1. The highest BCUT2D eigenvalue weighted by atomic mass is 32.1. The van der Waals surface area contributed by atoms with E-state index in [0.29, 0.717) is 28.8 Å². The van der Waals surface area contributed by atoms with Crippen LogP contribution in [0.1, 0.15) is 21.7 Å². The quantitative estimate of drug-likeness (QED) is 0.375. The third-order valence-corrected chi connectivity index (χ3v) is 6.60. The van der Waals surface area contributed by atoms with Gasteiger partial charge in [-0.3, -0.25) is 9.69 Å². The molecule has 8 heteroatoms. The van der Waals surface area contributed by atoms with Gasteiger partial charge in [-0.1, -0.05) is 48.5 Å². The molecular formula is C25H20N6OS. The van der Waals surface area contributed by atoms with E-state index in [9.17, 15) is 4.79 Å². The van der Waals surface area contributed by atoms with Crippen LogP contribution >= 0.6 is 11.3 Å². The number of anilines is 3. The maximum atomic E-state index is 13.8. The van der Waals surface area contributed by atoms with Gasteiger partial charge in [-0.2, -0.15) is 0 Å². The summed E-state index contributed by atoms with van der Waals surface area (Å²) in [6.45, 7) is 4.22. The zero-order valence-corrected chi connectivity index (χ0v) is 19.0. The molecule has 0 unspecified atom stereocenters. The second kappa shape index (κ2) is 7.53. The number of nitrogens with zero attached hydrogens (tertiary/aromatic N) is 6. The fourth-order valence-electron chi connectivity index (χ4n) is 4.19. The van der Waals surface area contributed by atoms with Crippen LogP contribution in [0.3, 0.4) is 0 Å². The SMILES string of the molecule is Cc1cc(C)n2nc3c(c2n1)C(=O)N(c1nc(-c2ccccc2)cs1)CN3c1ccccc1. The predicted molar refractivity (Wildman–Crippen MR) is 130 cm³/mol. The number of aromatic nitrogens is 4. The maximum Gasteiger partial charge on any atom is 0.269 e. The molecule has 6 rings (SSSR count). The molecule has 0 N–H and O–H groups in total. The van der Waals surface area contributed by atoms with E-state index in [-0.39, 0.29) is 5.91 Å². The molecule has 0 atom stereocenters. The number of carbonyl (C=O) groups excluding carboxylic acids is 1. The van der Waals surface area contributed by atoms with Gasteiger partial charge in [0.1, 0.15) is 12.2 Å². The average molecular weight is 453 g/mol. The Kier molecular flexibility index (Phi) is 4.48. The average Bonchev–Trinajstić information content (AvgIpc) is 3.47. The van der Waals surface area contributed by atoms with Gasteiger partial charge in [-0.05, 0) is 32.0 Å². The van der Waals surface area contributed by atoms with Crippen molar-refractivity contribution < 1.29 is 4.79 Å². The van der Waals surface area contributed by atoms with E-state index in [0.717, 1.165) is 28.3 Å². The lowest BCUT2D eigenvalue weighted by Crippen LogP contribution is -2.44. The van der Waals surface area contributed by atoms with E-state index < -0.39 is 0 Å². The number of carbonyl (C=O) groups is 1. The Labute approximate surface area is 194 Å². The first-order valence-electron chi connectivity index (χ1n) is 10.6. The van der Waals surface area contributed by atoms with E-state index in [1.54, 1.807) is 9.42 Å². The monoisotopic (exact) mass is 452 g/mol. The summed E-state index contributed by atoms with van der Waals surface area (Å²) >= 11 is 1.46. The molecule has 0 fully saturated rings. The van der Waals surface area contributed by atoms with Crippen LogP contribution in [0.5, 0.6) is 0 Å². The molecule has 1 aliphatic rings. The fourth-order valence-corrected chi connectivity index (χ4v) is 5.01. The molecule has 0 saturated carbocycles. The maximum absolute atomic E-state index is 13.8. The van der Waals surface area contributed by atoms with Gasteiger partial charge < -0.3 is 4.90 Å². The third-order valence-electron chi connectivity index (χ3n) is 5.73. The molecule has 2 aromatic carbocycles. The van der Waals surface area contributed by atoms with Crippen molar-refractivity contribution in [3.8, 4) is 11.3 Å². The Morgan fingerprint density at radius 2 is 1.64 bits per heavy atom. The van der Waals surface area contributed by atoms with Crippen molar-refractivity contribution in [2.45, 2.75) is 13.8 Å². The molecule has 0 radical (unpaired) electrons. The third kappa shape index (κ3) is 3.18. The van der Waals surface area contributed by atoms with Gasteiger partial charge in [-0.25, -0.2) is 14.5 Å². The number of fused-ring (bicyclic) bond motifs is 3. The Morgan fingerprint density at radius 3 is 2.39 bits per heavy atom. The van der Waals surface area contributed by atoms with E-state index in [2.05, 4.69) is 4.98 Å². The standard InChI is InChI=1S/C25H20N6OS/c1-16-13-17(2)31-22(26-16)21-23(28-31)29(19-11-7-4-8-12-19)15-30(24(21)32)25-27-20(14-33-25)18-9-5-3-6-10-18/h3-14H,15H2,1-2H3. The topological polar surface area (TPSA) is 66.6 Å². The molecule has 7 nitrogen and oxygen atoms in total. The van der Waals surface area contributed by atoms with Crippen molar-refractivity contribution in [2.24, 2.45) is 0 Å². The summed E-state index contributed by atoms with van der Waals surface area (Å²) in [6.07, 6.45) is 0. The van der Waals surface area contributed by atoms with Crippen molar-refractivity contribution in [2.75, 3.05) is 16.5 Å². The van der Waals surface area contributed by atoms with Gasteiger partial charge in [-0.15, -0.1) is 16.4 Å². The van der Waals surface area contributed by atoms with E-state index >= 15 is 0 Å². The van der Waals surface area contributed by atoms with Crippen molar-refractivity contribution in [1.29, 1.82) is 0 Å². The van der Waals surface area contributed by atoms with Crippen LogP contribution in [0.2, 0.25) is 0 Å². The minimum Gasteiger partial charge on any atom is -0.305 e. The molecule has 0 spiro atoms. The van der Waals surface area contributed by atoms with Crippen LogP contribution < -0.4 is 9.80 Å². The number of thiazole rings is 1. The lowest BCUT2D eigenvalue weighted by Gasteiger charge is -2.33. The van der Waals surface area contributed by atoms with E-state index in [1.807, 2.05) is 90.9 Å². The second-order valence-corrected chi connectivity index (χ2v) is 8.83. The summed E-state index contributed by atoms with van der Waals surface area (Å²) in [5.41, 5.74) is 5.67. The minimum atomic E-state index is -0.140. The van der Waals surface area contributed by atoms with Crippen LogP contribution in [0.25, 0.3) is 16.9 Å². The summed E-state index contributed by atoms with van der Waals surface area (Å²) in [6, 6.07) is 21.9. The highest BCUT2D eigenvalue weighted by molar-refractivity contribution is 7.14. The van der Waals surface area contributed by atoms with Crippen LogP contribution in [-0.4, -0.2) is 32.2 Å². The number of rotatable bonds is 3. The lowest BCUT2D eigenvalue weighted by atomic mass is 10.2. The van der Waals surface area contributed by atoms with Crippen LogP contribution in [0, 0.1) is 13.8 Å². The minimum absolute atomic E-state index is 0.140. The highest BCUT2D eigenvalue weighted by Crippen LogP contribution is 2.38. The smallest absolute Gasteiger partial charge is 0.269 e. The van der Waals surface area contributed by atoms with Crippen LogP contribution in [-0.2, 0) is 0 Å². The normalized spacial score (nSPS) is 13.6. The van der Waals surface area contributed by atoms with Crippen LogP contribution in [0.4, 0.5) is 16.6 Å². The van der Waals surface area contributed by atoms with E-state index in [4.69, 9.17) is 10.1 Å². The molecule has 0 saturated heterocycles. The molecule has 3 aromatic heterocycles. The first-order chi connectivity index (χ1) is 16.1. The summed E-state index contributed by atoms with van der Waals surface area (Å²) in [4.78, 5) is 27.1. The van der Waals surface area contributed by atoms with Gasteiger partial charge >= 0.3 is 0 Å².